The Morgan fingerprint density at radius 3 is 2.33 bits per heavy atom. The maximum absolute atomic E-state index is 5.50. The molecule has 1 aromatic rings. The van der Waals surface area contributed by atoms with Gasteiger partial charge in [0, 0.05) is 7.05 Å². The zero-order chi connectivity index (χ0) is 7.02. The van der Waals surface area contributed by atoms with E-state index < -0.39 is 0 Å². The number of nitrogens with zero attached hydrogens (tertiary/aromatic N) is 2. The van der Waals surface area contributed by atoms with Gasteiger partial charge in [0.1, 0.15) is 0 Å². The van der Waals surface area contributed by atoms with Crippen molar-refractivity contribution in [2.24, 2.45) is 7.05 Å². The number of nitrogens with two attached hydrogens (primary N) is 1. The Kier molecular flexibility index (Phi) is 1.65. The van der Waals surface area contributed by atoms with Gasteiger partial charge in [0.25, 0.3) is 0 Å². The van der Waals surface area contributed by atoms with Crippen LogP contribution in [0.1, 0.15) is 5.69 Å². The van der Waals surface area contributed by atoms with Gasteiger partial charge in [0.05, 0.1) is 9.26 Å². The van der Waals surface area contributed by atoms with Crippen LogP contribution in [0.3, 0.4) is 0 Å². The summed E-state index contributed by atoms with van der Waals surface area (Å²) in [5.41, 5.74) is 6.62. The van der Waals surface area contributed by atoms with Crippen LogP contribution in [0.15, 0.2) is 0 Å². The topological polar surface area (TPSA) is 43.8 Å². The van der Waals surface area contributed by atoms with E-state index in [1.807, 2.05) is 14.0 Å². The number of anilines is 1. The van der Waals surface area contributed by atoms with Crippen LogP contribution in [0, 0.1) is 10.5 Å². The number of halogens is 1. The van der Waals surface area contributed by atoms with E-state index in [1.165, 1.54) is 0 Å². The second-order valence-electron chi connectivity index (χ2n) is 1.91. The van der Waals surface area contributed by atoms with Crippen LogP contribution in [0.25, 0.3) is 0 Å². The van der Waals surface area contributed by atoms with Crippen molar-refractivity contribution in [2.45, 2.75) is 6.92 Å². The van der Waals surface area contributed by atoms with E-state index in [2.05, 4.69) is 27.7 Å². The first-order valence-electron chi connectivity index (χ1n) is 2.57. The normalized spacial score (nSPS) is 10.1. The molecule has 0 aliphatic rings. The average molecular weight is 237 g/mol. The molecule has 3 nitrogen and oxygen atoms in total. The summed E-state index contributed by atoms with van der Waals surface area (Å²) in [4.78, 5) is 0. The quantitative estimate of drug-likeness (QED) is 0.681. The van der Waals surface area contributed by atoms with E-state index in [1.54, 1.807) is 4.68 Å². The zero-order valence-corrected chi connectivity index (χ0v) is 7.51. The van der Waals surface area contributed by atoms with Crippen molar-refractivity contribution in [3.05, 3.63) is 9.26 Å². The largest absolute Gasteiger partial charge is 0.381 e. The minimum atomic E-state index is 0.621. The van der Waals surface area contributed by atoms with Gasteiger partial charge in [-0.2, -0.15) is 5.10 Å². The maximum atomic E-state index is 5.50. The van der Waals surface area contributed by atoms with Crippen molar-refractivity contribution in [3.8, 4) is 0 Å². The van der Waals surface area contributed by atoms with Crippen LogP contribution >= 0.6 is 22.6 Å². The Balaban J connectivity index is 3.29. The molecule has 4 heteroatoms. The molecule has 0 saturated carbocycles. The highest BCUT2D eigenvalue weighted by molar-refractivity contribution is 14.1. The first kappa shape index (κ1) is 6.85. The SMILES string of the molecule is Cc1c(I)c(N)nn1C. The lowest BCUT2D eigenvalue weighted by Crippen LogP contribution is -1.93. The third-order valence-corrected chi connectivity index (χ3v) is 2.62. The molecule has 0 aromatic carbocycles. The highest BCUT2D eigenvalue weighted by Crippen LogP contribution is 2.15. The highest BCUT2D eigenvalue weighted by Gasteiger charge is 2.04. The number of rotatable bonds is 0. The molecule has 50 valence electrons. The van der Waals surface area contributed by atoms with Gasteiger partial charge in [0.2, 0.25) is 0 Å². The minimum absolute atomic E-state index is 0.621. The molecule has 0 aliphatic heterocycles. The number of aryl methyl sites for hydroxylation is 1. The smallest absolute Gasteiger partial charge is 0.159 e. The van der Waals surface area contributed by atoms with Crippen molar-refractivity contribution in [1.29, 1.82) is 0 Å². The Morgan fingerprint density at radius 2 is 2.22 bits per heavy atom. The Morgan fingerprint density at radius 1 is 1.67 bits per heavy atom. The number of hydrogen-bond acceptors (Lipinski definition) is 2. The van der Waals surface area contributed by atoms with E-state index in [-0.39, 0.29) is 0 Å². The average Bonchev–Trinajstić information content (AvgIpc) is 1.98. The van der Waals surface area contributed by atoms with E-state index in [4.69, 9.17) is 5.73 Å². The summed E-state index contributed by atoms with van der Waals surface area (Å²) in [6.07, 6.45) is 0. The molecular formula is C5H8IN3. The van der Waals surface area contributed by atoms with Crippen LogP contribution < -0.4 is 5.73 Å². The van der Waals surface area contributed by atoms with E-state index in [0.717, 1.165) is 9.26 Å². The lowest BCUT2D eigenvalue weighted by molar-refractivity contribution is 0.743. The lowest BCUT2D eigenvalue weighted by Gasteiger charge is -1.89. The first-order valence-corrected chi connectivity index (χ1v) is 3.65. The van der Waals surface area contributed by atoms with Crippen LogP contribution in [0.5, 0.6) is 0 Å². The summed E-state index contributed by atoms with van der Waals surface area (Å²) < 4.78 is 2.83. The van der Waals surface area contributed by atoms with E-state index in [0.29, 0.717) is 5.82 Å². The van der Waals surface area contributed by atoms with Crippen molar-refractivity contribution in [2.75, 3.05) is 5.73 Å². The van der Waals surface area contributed by atoms with E-state index in [9.17, 15) is 0 Å². The predicted octanol–water partition coefficient (Wildman–Crippen LogP) is 0.915. The van der Waals surface area contributed by atoms with E-state index >= 15 is 0 Å². The van der Waals surface area contributed by atoms with Crippen molar-refractivity contribution in [1.82, 2.24) is 9.78 Å². The summed E-state index contributed by atoms with van der Waals surface area (Å²) in [5.74, 6) is 0.621. The predicted molar refractivity (Wildman–Crippen MR) is 45.1 cm³/mol. The van der Waals surface area contributed by atoms with Crippen LogP contribution in [0.2, 0.25) is 0 Å². The monoisotopic (exact) mass is 237 g/mol. The summed E-state index contributed by atoms with van der Waals surface area (Å²) in [5, 5.41) is 4.00. The fourth-order valence-corrected chi connectivity index (χ4v) is 1.06. The van der Waals surface area contributed by atoms with Crippen molar-refractivity contribution >= 4 is 28.4 Å². The molecular weight excluding hydrogens is 229 g/mol. The number of aromatic nitrogens is 2. The van der Waals surface area contributed by atoms with Crippen LogP contribution in [-0.4, -0.2) is 9.78 Å². The second-order valence-corrected chi connectivity index (χ2v) is 2.99. The molecule has 0 aliphatic carbocycles. The lowest BCUT2D eigenvalue weighted by atomic mass is 10.5. The maximum Gasteiger partial charge on any atom is 0.159 e. The number of hydrogen-bond donors (Lipinski definition) is 1. The fourth-order valence-electron chi connectivity index (χ4n) is 0.608. The highest BCUT2D eigenvalue weighted by atomic mass is 127. The fraction of sp³-hybridized carbons (Fsp3) is 0.400. The van der Waals surface area contributed by atoms with Crippen molar-refractivity contribution in [3.63, 3.8) is 0 Å². The molecule has 1 rings (SSSR count). The third-order valence-electron chi connectivity index (χ3n) is 1.29. The Bertz CT molecular complexity index is 206. The summed E-state index contributed by atoms with van der Waals surface area (Å²) in [7, 11) is 1.88. The molecule has 1 heterocycles. The van der Waals surface area contributed by atoms with Gasteiger partial charge < -0.3 is 5.73 Å². The van der Waals surface area contributed by atoms with Gasteiger partial charge in [-0.3, -0.25) is 4.68 Å². The van der Waals surface area contributed by atoms with Crippen LogP contribution in [-0.2, 0) is 7.05 Å². The van der Waals surface area contributed by atoms with Gasteiger partial charge in [-0.15, -0.1) is 0 Å². The van der Waals surface area contributed by atoms with Gasteiger partial charge in [0.15, 0.2) is 5.82 Å². The molecule has 0 unspecified atom stereocenters. The minimum Gasteiger partial charge on any atom is -0.381 e. The Hall–Kier alpha value is -0.260. The first-order chi connectivity index (χ1) is 4.13. The standard InChI is InChI=1S/C5H8IN3/c1-3-4(6)5(7)8-9(3)2/h1-2H3,(H2,7,8). The molecule has 1 aromatic heterocycles. The molecule has 0 radical (unpaired) electrons. The van der Waals surface area contributed by atoms with Gasteiger partial charge in [-0.25, -0.2) is 0 Å². The summed E-state index contributed by atoms with van der Waals surface area (Å²) >= 11 is 2.18. The molecule has 0 saturated heterocycles. The van der Waals surface area contributed by atoms with Crippen molar-refractivity contribution < 1.29 is 0 Å². The summed E-state index contributed by atoms with van der Waals surface area (Å²) in [6.45, 7) is 1.99. The zero-order valence-electron chi connectivity index (χ0n) is 5.35. The molecule has 9 heavy (non-hydrogen) atoms. The molecule has 0 bridgehead atoms. The summed E-state index contributed by atoms with van der Waals surface area (Å²) in [6, 6.07) is 0. The van der Waals surface area contributed by atoms with Crippen LogP contribution in [0.4, 0.5) is 5.82 Å². The molecule has 0 amide bonds. The third kappa shape index (κ3) is 1.03. The molecule has 2 N–H and O–H groups in total. The van der Waals surface area contributed by atoms with Gasteiger partial charge >= 0.3 is 0 Å². The second kappa shape index (κ2) is 2.17. The van der Waals surface area contributed by atoms with Gasteiger partial charge in [-0.05, 0) is 29.5 Å². The Labute approximate surface area is 67.4 Å². The molecule has 0 atom stereocenters. The van der Waals surface area contributed by atoms with Gasteiger partial charge in [-0.1, -0.05) is 0 Å². The molecule has 0 fully saturated rings. The number of nitrogen functional groups attached to an aromatic ring is 1. The molecule has 0 spiro atoms.